The molecule has 0 aromatic heterocycles. The summed E-state index contributed by atoms with van der Waals surface area (Å²) in [4.78, 5) is 11.1. The summed E-state index contributed by atoms with van der Waals surface area (Å²) in [6.45, 7) is 1.58. The van der Waals surface area contributed by atoms with E-state index in [1.54, 1.807) is 6.92 Å². The topological polar surface area (TPSA) is 80.7 Å². The molecule has 20 heavy (non-hydrogen) atoms. The van der Waals surface area contributed by atoms with E-state index in [0.29, 0.717) is 6.42 Å². The SMILES string of the molecule is CCCC(=O)OC1C(F)C(F)C(S(=O)(=O)O)C(F)C1F. The Kier molecular flexibility index (Phi) is 5.36. The Balaban J connectivity index is 2.96. The third kappa shape index (κ3) is 3.40. The summed E-state index contributed by atoms with van der Waals surface area (Å²) in [6.07, 6.45) is -14.1. The van der Waals surface area contributed by atoms with Crippen LogP contribution in [0, 0.1) is 0 Å². The first-order valence-electron chi connectivity index (χ1n) is 5.83. The van der Waals surface area contributed by atoms with Crippen LogP contribution in [0.2, 0.25) is 0 Å². The first-order chi connectivity index (χ1) is 9.11. The molecule has 0 bridgehead atoms. The van der Waals surface area contributed by atoms with Crippen molar-refractivity contribution in [1.29, 1.82) is 0 Å². The summed E-state index contributed by atoms with van der Waals surface area (Å²) >= 11 is 0. The van der Waals surface area contributed by atoms with Gasteiger partial charge in [-0.15, -0.1) is 0 Å². The van der Waals surface area contributed by atoms with Gasteiger partial charge in [0, 0.05) is 6.42 Å². The largest absolute Gasteiger partial charge is 0.456 e. The lowest BCUT2D eigenvalue weighted by molar-refractivity contribution is -0.167. The smallest absolute Gasteiger partial charge is 0.306 e. The van der Waals surface area contributed by atoms with Crippen molar-refractivity contribution in [2.45, 2.75) is 55.8 Å². The van der Waals surface area contributed by atoms with Gasteiger partial charge in [0.15, 0.2) is 36.0 Å². The maximum absolute atomic E-state index is 13.6. The zero-order valence-electron chi connectivity index (χ0n) is 10.4. The van der Waals surface area contributed by atoms with E-state index in [-0.39, 0.29) is 6.42 Å². The molecule has 1 fully saturated rings. The number of carbonyl (C=O) groups excluding carboxylic acids is 1. The monoisotopic (exact) mass is 322 g/mol. The molecule has 0 aromatic rings. The molecule has 10 heteroatoms. The predicted molar refractivity (Wildman–Crippen MR) is 59.7 cm³/mol. The van der Waals surface area contributed by atoms with Crippen LogP contribution in [0.5, 0.6) is 0 Å². The Morgan fingerprint density at radius 3 is 1.90 bits per heavy atom. The average molecular weight is 322 g/mol. The molecule has 1 aliphatic rings. The van der Waals surface area contributed by atoms with Crippen molar-refractivity contribution in [2.24, 2.45) is 0 Å². The lowest BCUT2D eigenvalue weighted by Crippen LogP contribution is -2.61. The number of esters is 1. The van der Waals surface area contributed by atoms with Crippen LogP contribution in [-0.4, -0.2) is 55.0 Å². The van der Waals surface area contributed by atoms with Gasteiger partial charge in [-0.3, -0.25) is 9.35 Å². The molecule has 0 heterocycles. The highest BCUT2D eigenvalue weighted by Gasteiger charge is 2.59. The van der Waals surface area contributed by atoms with Gasteiger partial charge in [-0.1, -0.05) is 6.92 Å². The molecular formula is C10H14F4O5S. The van der Waals surface area contributed by atoms with Crippen LogP contribution in [0.1, 0.15) is 19.8 Å². The van der Waals surface area contributed by atoms with Crippen LogP contribution < -0.4 is 0 Å². The minimum Gasteiger partial charge on any atom is -0.456 e. The van der Waals surface area contributed by atoms with Gasteiger partial charge < -0.3 is 4.74 Å². The minimum atomic E-state index is -5.32. The van der Waals surface area contributed by atoms with Crippen LogP contribution in [-0.2, 0) is 19.6 Å². The van der Waals surface area contributed by atoms with E-state index in [0.717, 1.165) is 0 Å². The first-order valence-corrected chi connectivity index (χ1v) is 7.33. The Morgan fingerprint density at radius 1 is 1.10 bits per heavy atom. The number of ether oxygens (including phenoxy) is 1. The van der Waals surface area contributed by atoms with Crippen LogP contribution in [0.25, 0.3) is 0 Å². The van der Waals surface area contributed by atoms with Crippen molar-refractivity contribution < 1.29 is 40.1 Å². The maximum atomic E-state index is 13.6. The number of carbonyl (C=O) groups is 1. The molecule has 1 aliphatic carbocycles. The maximum Gasteiger partial charge on any atom is 0.306 e. The Hall–Kier alpha value is -0.900. The van der Waals surface area contributed by atoms with E-state index >= 15 is 0 Å². The molecule has 0 spiro atoms. The molecule has 1 saturated carbocycles. The Bertz CT molecular complexity index is 441. The predicted octanol–water partition coefficient (Wildman–Crippen LogP) is 1.32. The molecule has 4 unspecified atom stereocenters. The summed E-state index contributed by atoms with van der Waals surface area (Å²) in [6, 6.07) is 0. The van der Waals surface area contributed by atoms with Crippen molar-refractivity contribution in [1.82, 2.24) is 0 Å². The quantitative estimate of drug-likeness (QED) is 0.480. The van der Waals surface area contributed by atoms with E-state index in [9.17, 15) is 30.8 Å². The van der Waals surface area contributed by atoms with Gasteiger partial charge in [-0.05, 0) is 6.42 Å². The third-order valence-corrected chi connectivity index (χ3v) is 4.14. The van der Waals surface area contributed by atoms with Crippen molar-refractivity contribution in [2.75, 3.05) is 0 Å². The molecule has 4 atom stereocenters. The second-order valence-corrected chi connectivity index (χ2v) is 6.04. The fraction of sp³-hybridized carbons (Fsp3) is 0.900. The summed E-state index contributed by atoms with van der Waals surface area (Å²) in [5, 5.41) is -2.88. The van der Waals surface area contributed by atoms with Gasteiger partial charge in [0.2, 0.25) is 0 Å². The Morgan fingerprint density at radius 2 is 1.55 bits per heavy atom. The van der Waals surface area contributed by atoms with Gasteiger partial charge in [0.1, 0.15) is 0 Å². The Labute approximate surface area is 113 Å². The normalized spacial score (nSPS) is 38.5. The fourth-order valence-electron chi connectivity index (χ4n) is 1.95. The van der Waals surface area contributed by atoms with E-state index in [2.05, 4.69) is 4.74 Å². The number of rotatable bonds is 4. The summed E-state index contributed by atoms with van der Waals surface area (Å²) in [5.74, 6) is -1.05. The number of hydrogen-bond acceptors (Lipinski definition) is 4. The zero-order chi connectivity index (χ0) is 15.7. The van der Waals surface area contributed by atoms with E-state index in [1.807, 2.05) is 0 Å². The summed E-state index contributed by atoms with van der Waals surface area (Å²) in [7, 11) is -5.32. The minimum absolute atomic E-state index is 0.203. The molecule has 1 N–H and O–H groups in total. The van der Waals surface area contributed by atoms with Gasteiger partial charge in [0.25, 0.3) is 10.1 Å². The third-order valence-electron chi connectivity index (χ3n) is 2.93. The lowest BCUT2D eigenvalue weighted by atomic mass is 9.90. The van der Waals surface area contributed by atoms with Gasteiger partial charge in [-0.2, -0.15) is 8.42 Å². The second-order valence-electron chi connectivity index (χ2n) is 4.46. The van der Waals surface area contributed by atoms with Crippen molar-refractivity contribution in [3.05, 3.63) is 0 Å². The van der Waals surface area contributed by atoms with Crippen LogP contribution in [0.3, 0.4) is 0 Å². The van der Waals surface area contributed by atoms with Crippen molar-refractivity contribution >= 4 is 16.1 Å². The van der Waals surface area contributed by atoms with Crippen LogP contribution >= 0.6 is 0 Å². The van der Waals surface area contributed by atoms with Gasteiger partial charge in [-0.25, -0.2) is 17.6 Å². The first kappa shape index (κ1) is 17.2. The zero-order valence-corrected chi connectivity index (χ0v) is 11.2. The molecule has 0 saturated heterocycles. The molecule has 5 nitrogen and oxygen atoms in total. The summed E-state index contributed by atoms with van der Waals surface area (Å²) < 4.78 is 88.8. The van der Waals surface area contributed by atoms with Gasteiger partial charge in [0.05, 0.1) is 0 Å². The standard InChI is InChI=1S/C10H14F4O5S/c1-2-3-4(15)19-9-5(11)7(13)10(20(16,17)18)8(14)6(9)12/h5-10H,2-3H2,1H3,(H,16,17,18). The molecular weight excluding hydrogens is 308 g/mol. The van der Waals surface area contributed by atoms with Crippen LogP contribution in [0.4, 0.5) is 17.6 Å². The molecule has 118 valence electrons. The van der Waals surface area contributed by atoms with E-state index < -0.39 is 52.1 Å². The van der Waals surface area contributed by atoms with Gasteiger partial charge >= 0.3 is 5.97 Å². The number of alkyl halides is 4. The summed E-state index contributed by atoms with van der Waals surface area (Å²) in [5.41, 5.74) is 0. The van der Waals surface area contributed by atoms with E-state index in [4.69, 9.17) is 4.55 Å². The van der Waals surface area contributed by atoms with Crippen molar-refractivity contribution in [3.63, 3.8) is 0 Å². The second kappa shape index (κ2) is 6.25. The molecule has 0 aliphatic heterocycles. The fourth-order valence-corrected chi connectivity index (χ4v) is 2.91. The highest BCUT2D eigenvalue weighted by Crippen LogP contribution is 2.35. The highest BCUT2D eigenvalue weighted by molar-refractivity contribution is 7.86. The average Bonchev–Trinajstić information content (AvgIpc) is 2.31. The molecule has 0 aromatic carbocycles. The van der Waals surface area contributed by atoms with Crippen LogP contribution in [0.15, 0.2) is 0 Å². The molecule has 0 radical (unpaired) electrons. The van der Waals surface area contributed by atoms with Crippen molar-refractivity contribution in [3.8, 4) is 0 Å². The molecule has 0 amide bonds. The molecule has 1 rings (SSSR count). The number of halogens is 4. The highest BCUT2D eigenvalue weighted by atomic mass is 32.2. The lowest BCUT2D eigenvalue weighted by Gasteiger charge is -2.37. The van der Waals surface area contributed by atoms with E-state index in [1.165, 1.54) is 0 Å². The number of hydrogen-bond donors (Lipinski definition) is 1.